The summed E-state index contributed by atoms with van der Waals surface area (Å²) in [6.07, 6.45) is 0. The Morgan fingerprint density at radius 3 is 1.67 bits per heavy atom. The van der Waals surface area contributed by atoms with Gasteiger partial charge in [0.1, 0.15) is 4.32 Å². The predicted octanol–water partition coefficient (Wildman–Crippen LogP) is -0.759. The molecule has 5 heteroatoms. The van der Waals surface area contributed by atoms with E-state index in [2.05, 4.69) is 24.8 Å². The maximum atomic E-state index is 4.71. The predicted molar refractivity (Wildman–Crippen MR) is 34.3 cm³/mol. The first-order chi connectivity index (χ1) is 1.73. The summed E-state index contributed by atoms with van der Waals surface area (Å²) in [7, 11) is 0. The maximum absolute atomic E-state index is 4.71. The molecule has 1 nitrogen and oxygen atoms in total. The van der Waals surface area contributed by atoms with Crippen LogP contribution in [0.1, 0.15) is 0 Å². The van der Waals surface area contributed by atoms with Gasteiger partial charge in [0.05, 0.1) is 0 Å². The summed E-state index contributed by atoms with van der Waals surface area (Å²) in [6.45, 7) is 0. The van der Waals surface area contributed by atoms with Crippen molar-refractivity contribution >= 4 is 66.9 Å². The summed E-state index contributed by atoms with van der Waals surface area (Å²) in [6, 6.07) is 0. The van der Waals surface area contributed by atoms with E-state index in [0.717, 1.165) is 0 Å². The molecule has 0 unspecified atom stereocenters. The molecule has 2 N–H and O–H groups in total. The molecule has 0 bridgehead atoms. The Kier molecular flexibility index (Phi) is 26.4. The Balaban J connectivity index is -0.0000000450. The molecule has 0 atom stereocenters. The summed E-state index contributed by atoms with van der Waals surface area (Å²) < 4.78 is 0.194. The van der Waals surface area contributed by atoms with Gasteiger partial charge in [0.2, 0.25) is 0 Å². The van der Waals surface area contributed by atoms with E-state index in [1.54, 1.807) is 0 Å². The maximum Gasteiger partial charge on any atom is 0 e. The van der Waals surface area contributed by atoms with Gasteiger partial charge < -0.3 is 5.73 Å². The number of hydrogen-bond donors (Lipinski definition) is 2. The number of nitrogens with two attached hydrogens (primary N) is 1. The molecule has 0 aliphatic rings. The average molecular weight is 191 g/mol. The minimum absolute atomic E-state index is 0. The van der Waals surface area contributed by atoms with Crippen molar-refractivity contribution in [3.63, 3.8) is 0 Å². The molecular weight excluding hydrogens is 186 g/mol. The second kappa shape index (κ2) is 10.1. The zero-order valence-electron chi connectivity index (χ0n) is 2.29. The quantitative estimate of drug-likeness (QED) is 0.299. The van der Waals surface area contributed by atoms with Crippen LogP contribution in [0.2, 0.25) is 0 Å². The molecule has 0 aliphatic carbocycles. The SMILES string of the molecule is NC(=S)S.[CaH2].[Fe]. The number of rotatable bonds is 0. The fourth-order valence-corrected chi connectivity index (χ4v) is 0. The molecule has 0 radical (unpaired) electrons. The van der Waals surface area contributed by atoms with Crippen LogP contribution in [0.25, 0.3) is 0 Å². The molecule has 0 saturated heterocycles. The van der Waals surface area contributed by atoms with E-state index in [4.69, 9.17) is 5.73 Å². The van der Waals surface area contributed by atoms with E-state index in [1.807, 2.05) is 0 Å². The van der Waals surface area contributed by atoms with Gasteiger partial charge in [-0.05, 0) is 0 Å². The normalized spacial score (nSPS) is 4.17. The minimum atomic E-state index is 0. The monoisotopic (exact) mass is 191 g/mol. The average Bonchev–Trinajstić information content (AvgIpc) is 0.811. The summed E-state index contributed by atoms with van der Waals surface area (Å²) >= 11 is 7.65. The Labute approximate surface area is 88.3 Å². The largest absolute Gasteiger partial charge is 0 e. The Hall–Kier alpha value is 2.02. The standard InChI is InChI=1S/CH3NS2.Ca.Fe.2H/c2-1(3)4;;;;/h(H3,2,3,4);;;;. The third-order valence-electron chi connectivity index (χ3n) is 0. The molecule has 0 spiro atoms. The van der Waals surface area contributed by atoms with Crippen LogP contribution in [0.5, 0.6) is 0 Å². The third-order valence-corrected chi connectivity index (χ3v) is 0. The van der Waals surface area contributed by atoms with Gasteiger partial charge in [-0.3, -0.25) is 0 Å². The van der Waals surface area contributed by atoms with Crippen LogP contribution >= 0.6 is 24.8 Å². The molecular formula is CH5CaFeNS2. The van der Waals surface area contributed by atoms with E-state index in [9.17, 15) is 0 Å². The topological polar surface area (TPSA) is 26.0 Å². The summed E-state index contributed by atoms with van der Waals surface area (Å²) in [4.78, 5) is 0. The summed E-state index contributed by atoms with van der Waals surface area (Å²) in [5, 5.41) is 0. The van der Waals surface area contributed by atoms with Crippen molar-refractivity contribution in [2.24, 2.45) is 5.73 Å². The summed E-state index contributed by atoms with van der Waals surface area (Å²) in [5.41, 5.74) is 4.71. The van der Waals surface area contributed by atoms with Crippen molar-refractivity contribution < 1.29 is 17.1 Å². The van der Waals surface area contributed by atoms with Gasteiger partial charge >= 0.3 is 37.7 Å². The Morgan fingerprint density at radius 2 is 1.67 bits per heavy atom. The van der Waals surface area contributed by atoms with Crippen molar-refractivity contribution in [2.45, 2.75) is 0 Å². The number of thiocarbonyl (C=S) groups is 1. The molecule has 0 aromatic carbocycles. The van der Waals surface area contributed by atoms with Crippen molar-refractivity contribution in [3.05, 3.63) is 0 Å². The molecule has 0 aromatic rings. The van der Waals surface area contributed by atoms with Gasteiger partial charge in [0.25, 0.3) is 0 Å². The molecule has 0 aliphatic heterocycles. The van der Waals surface area contributed by atoms with Gasteiger partial charge in [-0.25, -0.2) is 0 Å². The van der Waals surface area contributed by atoms with E-state index in [-0.39, 0.29) is 59.1 Å². The van der Waals surface area contributed by atoms with E-state index in [0.29, 0.717) is 0 Å². The van der Waals surface area contributed by atoms with Gasteiger partial charge in [-0.1, -0.05) is 12.2 Å². The molecule has 0 amide bonds. The Morgan fingerprint density at radius 1 is 1.67 bits per heavy atom. The van der Waals surface area contributed by atoms with E-state index >= 15 is 0 Å². The third kappa shape index (κ3) is 37.2. The Bertz CT molecular complexity index is 36.5. The van der Waals surface area contributed by atoms with Gasteiger partial charge in [0.15, 0.2) is 0 Å². The van der Waals surface area contributed by atoms with Gasteiger partial charge in [-0.15, -0.1) is 12.6 Å². The molecule has 36 valence electrons. The van der Waals surface area contributed by atoms with E-state index < -0.39 is 0 Å². The molecule has 0 rings (SSSR count). The van der Waals surface area contributed by atoms with Crippen molar-refractivity contribution in [1.82, 2.24) is 0 Å². The molecule has 6 heavy (non-hydrogen) atoms. The number of hydrogen-bond acceptors (Lipinski definition) is 1. The molecule has 0 fully saturated rings. The first-order valence-electron chi connectivity index (χ1n) is 0.716. The van der Waals surface area contributed by atoms with Crippen LogP contribution in [-0.4, -0.2) is 42.1 Å². The smallest absolute Gasteiger partial charge is 0 e. The minimum Gasteiger partial charge on any atom is 0 e. The van der Waals surface area contributed by atoms with Crippen LogP contribution in [-0.2, 0) is 17.1 Å². The fraction of sp³-hybridized carbons (Fsp3) is 0. The number of thiol groups is 1. The zero-order chi connectivity index (χ0) is 3.58. The fourth-order valence-electron chi connectivity index (χ4n) is 0. The van der Waals surface area contributed by atoms with Crippen molar-refractivity contribution in [1.29, 1.82) is 0 Å². The second-order valence-corrected chi connectivity index (χ2v) is 1.56. The van der Waals surface area contributed by atoms with Gasteiger partial charge in [-0.2, -0.15) is 0 Å². The van der Waals surface area contributed by atoms with Crippen LogP contribution in [0.4, 0.5) is 0 Å². The van der Waals surface area contributed by atoms with Gasteiger partial charge in [0, 0.05) is 17.1 Å². The van der Waals surface area contributed by atoms with Crippen molar-refractivity contribution in [2.75, 3.05) is 0 Å². The van der Waals surface area contributed by atoms with Crippen molar-refractivity contribution in [3.8, 4) is 0 Å². The van der Waals surface area contributed by atoms with E-state index in [1.165, 1.54) is 0 Å². The zero-order valence-corrected chi connectivity index (χ0v) is 5.10. The molecule has 0 heterocycles. The van der Waals surface area contributed by atoms with Crippen LogP contribution in [0, 0.1) is 0 Å². The van der Waals surface area contributed by atoms with Crippen LogP contribution in [0.3, 0.4) is 0 Å². The molecule has 0 aromatic heterocycles. The van der Waals surface area contributed by atoms with Crippen LogP contribution in [0.15, 0.2) is 0 Å². The molecule has 0 saturated carbocycles. The van der Waals surface area contributed by atoms with Crippen LogP contribution < -0.4 is 5.73 Å². The first-order valence-corrected chi connectivity index (χ1v) is 1.57. The first kappa shape index (κ1) is 15.7. The summed E-state index contributed by atoms with van der Waals surface area (Å²) in [5.74, 6) is 0. The second-order valence-electron chi connectivity index (χ2n) is 0.338.